The van der Waals surface area contributed by atoms with E-state index in [1.165, 1.54) is 6.92 Å². The van der Waals surface area contributed by atoms with E-state index in [0.717, 1.165) is 0 Å². The molecule has 0 bridgehead atoms. The third-order valence-electron chi connectivity index (χ3n) is 2.39. The van der Waals surface area contributed by atoms with Crippen molar-refractivity contribution in [2.24, 2.45) is 5.92 Å². The maximum Gasteiger partial charge on any atom is 0.309 e. The molecule has 14 heavy (non-hydrogen) atoms. The first-order valence-electron chi connectivity index (χ1n) is 4.29. The number of aliphatic hydroxyl groups excluding tert-OH is 2. The minimum atomic E-state index is -1.32. The van der Waals surface area contributed by atoms with Crippen LogP contribution >= 0.6 is 0 Å². The molecule has 1 saturated carbocycles. The van der Waals surface area contributed by atoms with Gasteiger partial charge in [0.15, 0.2) is 0 Å². The molecule has 80 valence electrons. The molecule has 1 rings (SSSR count). The van der Waals surface area contributed by atoms with E-state index in [-0.39, 0.29) is 12.3 Å². The molecule has 4 N–H and O–H groups in total. The zero-order chi connectivity index (χ0) is 10.9. The molecular formula is C8H13NO5. The lowest BCUT2D eigenvalue weighted by molar-refractivity contribution is -0.145. The van der Waals surface area contributed by atoms with Crippen molar-refractivity contribution < 1.29 is 24.9 Å². The number of carbonyl (C=O) groups excluding carboxylic acids is 1. The summed E-state index contributed by atoms with van der Waals surface area (Å²) in [6.07, 6.45) is -2.47. The first kappa shape index (κ1) is 10.9. The molecule has 1 aliphatic rings. The first-order chi connectivity index (χ1) is 6.43. The molecule has 0 aromatic carbocycles. The van der Waals surface area contributed by atoms with Gasteiger partial charge in [0, 0.05) is 6.92 Å². The van der Waals surface area contributed by atoms with Gasteiger partial charge in [-0.1, -0.05) is 0 Å². The lowest BCUT2D eigenvalue weighted by Gasteiger charge is -2.16. The van der Waals surface area contributed by atoms with E-state index in [9.17, 15) is 19.8 Å². The summed E-state index contributed by atoms with van der Waals surface area (Å²) in [7, 11) is 0. The largest absolute Gasteiger partial charge is 0.481 e. The van der Waals surface area contributed by atoms with Gasteiger partial charge in [-0.2, -0.15) is 0 Å². The first-order valence-corrected chi connectivity index (χ1v) is 4.29. The van der Waals surface area contributed by atoms with Gasteiger partial charge in [0.1, 0.15) is 6.10 Å². The van der Waals surface area contributed by atoms with E-state index in [0.29, 0.717) is 0 Å². The fraction of sp³-hybridized carbons (Fsp3) is 0.750. The third-order valence-corrected chi connectivity index (χ3v) is 2.39. The van der Waals surface area contributed by atoms with Crippen LogP contribution in [0, 0.1) is 5.92 Å². The maximum absolute atomic E-state index is 10.7. The smallest absolute Gasteiger partial charge is 0.309 e. The normalized spacial score (nSPS) is 36.8. The maximum atomic E-state index is 10.7. The molecule has 0 aliphatic heterocycles. The Hall–Kier alpha value is -1.14. The zero-order valence-electron chi connectivity index (χ0n) is 7.67. The van der Waals surface area contributed by atoms with Crippen LogP contribution in [0.5, 0.6) is 0 Å². The second kappa shape index (κ2) is 3.93. The molecule has 0 heterocycles. The van der Waals surface area contributed by atoms with E-state index in [2.05, 4.69) is 5.32 Å². The van der Waals surface area contributed by atoms with Gasteiger partial charge in [0.05, 0.1) is 18.1 Å². The van der Waals surface area contributed by atoms with Gasteiger partial charge >= 0.3 is 5.97 Å². The van der Waals surface area contributed by atoms with Gasteiger partial charge in [-0.25, -0.2) is 0 Å². The summed E-state index contributed by atoms with van der Waals surface area (Å²) in [5.41, 5.74) is 0. The van der Waals surface area contributed by atoms with Crippen LogP contribution in [-0.4, -0.2) is 45.4 Å². The summed E-state index contributed by atoms with van der Waals surface area (Å²) >= 11 is 0. The molecule has 0 aromatic heterocycles. The van der Waals surface area contributed by atoms with Crippen LogP contribution in [-0.2, 0) is 9.59 Å². The van der Waals surface area contributed by atoms with Crippen LogP contribution in [0.3, 0.4) is 0 Å². The fourth-order valence-electron chi connectivity index (χ4n) is 1.68. The Morgan fingerprint density at radius 1 is 1.29 bits per heavy atom. The highest BCUT2D eigenvalue weighted by atomic mass is 16.4. The predicted octanol–water partition coefficient (Wildman–Crippen LogP) is -1.68. The van der Waals surface area contributed by atoms with Crippen molar-refractivity contribution >= 4 is 11.9 Å². The Balaban J connectivity index is 2.66. The topological polar surface area (TPSA) is 107 Å². The minimum Gasteiger partial charge on any atom is -0.481 e. The van der Waals surface area contributed by atoms with Crippen molar-refractivity contribution in [2.75, 3.05) is 0 Å². The number of aliphatic hydroxyl groups is 2. The Kier molecular flexibility index (Phi) is 3.07. The van der Waals surface area contributed by atoms with Gasteiger partial charge in [0.2, 0.25) is 5.91 Å². The van der Waals surface area contributed by atoms with Crippen molar-refractivity contribution in [1.29, 1.82) is 0 Å². The summed E-state index contributed by atoms with van der Waals surface area (Å²) in [6, 6.07) is -0.677. The number of hydrogen-bond acceptors (Lipinski definition) is 4. The highest BCUT2D eigenvalue weighted by molar-refractivity contribution is 5.74. The molecule has 0 saturated heterocycles. The third kappa shape index (κ3) is 2.02. The molecule has 4 atom stereocenters. The van der Waals surface area contributed by atoms with Crippen LogP contribution in [0.25, 0.3) is 0 Å². The van der Waals surface area contributed by atoms with Gasteiger partial charge in [-0.3, -0.25) is 9.59 Å². The number of carboxylic acids is 1. The monoisotopic (exact) mass is 203 g/mol. The number of carbonyl (C=O) groups is 2. The Morgan fingerprint density at radius 2 is 1.86 bits per heavy atom. The lowest BCUT2D eigenvalue weighted by atomic mass is 10.1. The highest BCUT2D eigenvalue weighted by Gasteiger charge is 2.45. The molecule has 6 heteroatoms. The minimum absolute atomic E-state index is 0.0528. The molecule has 1 fully saturated rings. The van der Waals surface area contributed by atoms with Gasteiger partial charge in [0.25, 0.3) is 0 Å². The number of carboxylic acid groups (broad SMARTS) is 1. The molecule has 1 amide bonds. The van der Waals surface area contributed by atoms with E-state index in [1.54, 1.807) is 0 Å². The number of nitrogens with one attached hydrogen (secondary N) is 1. The number of aliphatic carboxylic acids is 1. The molecule has 6 nitrogen and oxygen atoms in total. The SMILES string of the molecule is CC(=O)N[C@@H]1C[C@H](C(=O)O)[C@@H](O)[C@H]1O. The van der Waals surface area contributed by atoms with Crippen molar-refractivity contribution in [3.05, 3.63) is 0 Å². The Labute approximate surface area is 80.5 Å². The highest BCUT2D eigenvalue weighted by Crippen LogP contribution is 2.26. The van der Waals surface area contributed by atoms with E-state index >= 15 is 0 Å². The summed E-state index contributed by atoms with van der Waals surface area (Å²) in [5, 5.41) is 29.8. The van der Waals surface area contributed by atoms with E-state index < -0.39 is 30.1 Å². The van der Waals surface area contributed by atoms with E-state index in [1.807, 2.05) is 0 Å². The average Bonchev–Trinajstić information content (AvgIpc) is 2.32. The second-order valence-corrected chi connectivity index (χ2v) is 3.47. The van der Waals surface area contributed by atoms with E-state index in [4.69, 9.17) is 5.11 Å². The average molecular weight is 203 g/mol. The van der Waals surface area contributed by atoms with Crippen LogP contribution in [0.1, 0.15) is 13.3 Å². The number of amides is 1. The second-order valence-electron chi connectivity index (χ2n) is 3.47. The molecule has 0 unspecified atom stereocenters. The quantitative estimate of drug-likeness (QED) is 0.428. The van der Waals surface area contributed by atoms with Gasteiger partial charge in [-0.15, -0.1) is 0 Å². The van der Waals surface area contributed by atoms with Gasteiger partial charge in [-0.05, 0) is 6.42 Å². The predicted molar refractivity (Wildman–Crippen MR) is 45.4 cm³/mol. The number of hydrogen-bond donors (Lipinski definition) is 4. The fourth-order valence-corrected chi connectivity index (χ4v) is 1.68. The molecule has 1 aliphatic carbocycles. The molecule has 0 spiro atoms. The van der Waals surface area contributed by atoms with Crippen molar-refractivity contribution in [3.63, 3.8) is 0 Å². The standard InChI is InChI=1S/C8H13NO5/c1-3(10)9-5-2-4(8(13)14)6(11)7(5)12/h4-7,11-12H,2H2,1H3,(H,9,10)(H,13,14)/t4-,5+,6+,7-/m0/s1. The summed E-state index contributed by atoms with van der Waals surface area (Å²) in [5.74, 6) is -2.53. The Bertz CT molecular complexity index is 254. The summed E-state index contributed by atoms with van der Waals surface area (Å²) in [4.78, 5) is 21.3. The van der Waals surface area contributed by atoms with Crippen LogP contribution in [0.2, 0.25) is 0 Å². The molecule has 0 radical (unpaired) electrons. The van der Waals surface area contributed by atoms with Crippen molar-refractivity contribution in [1.82, 2.24) is 5.32 Å². The van der Waals surface area contributed by atoms with Crippen molar-refractivity contribution in [2.45, 2.75) is 31.6 Å². The van der Waals surface area contributed by atoms with Crippen LogP contribution in [0.4, 0.5) is 0 Å². The number of rotatable bonds is 2. The van der Waals surface area contributed by atoms with Crippen LogP contribution < -0.4 is 5.32 Å². The Morgan fingerprint density at radius 3 is 2.21 bits per heavy atom. The molecular weight excluding hydrogens is 190 g/mol. The lowest BCUT2D eigenvalue weighted by Crippen LogP contribution is -2.42. The summed E-state index contributed by atoms with van der Waals surface area (Å²) in [6.45, 7) is 1.27. The van der Waals surface area contributed by atoms with Crippen molar-refractivity contribution in [3.8, 4) is 0 Å². The molecule has 0 aromatic rings. The van der Waals surface area contributed by atoms with Crippen LogP contribution in [0.15, 0.2) is 0 Å². The zero-order valence-corrected chi connectivity index (χ0v) is 7.67. The van der Waals surface area contributed by atoms with Gasteiger partial charge < -0.3 is 20.6 Å². The summed E-state index contributed by atoms with van der Waals surface area (Å²) < 4.78 is 0.